The second-order valence-electron chi connectivity index (χ2n) is 3.36. The lowest BCUT2D eigenvalue weighted by Crippen LogP contribution is -2.13. The molecule has 0 heterocycles. The number of carbonyl (C=O) groups is 1. The topological polar surface area (TPSA) is 26.3 Å². The number of methoxy groups -OCH3 is 1. The van der Waals surface area contributed by atoms with Crippen molar-refractivity contribution >= 4 is 21.9 Å². The van der Waals surface area contributed by atoms with Crippen molar-refractivity contribution in [1.29, 1.82) is 0 Å². The van der Waals surface area contributed by atoms with Crippen molar-refractivity contribution in [2.75, 3.05) is 7.11 Å². The van der Waals surface area contributed by atoms with Crippen molar-refractivity contribution in [3.8, 4) is 0 Å². The third-order valence-electron chi connectivity index (χ3n) is 2.43. The highest BCUT2D eigenvalue weighted by atomic mass is 79.9. The SMILES string of the molecule is CCC(C(=O)OC)c1ccc(CBr)cc1. The van der Waals surface area contributed by atoms with E-state index in [0.717, 1.165) is 17.3 Å². The Morgan fingerprint density at radius 1 is 1.40 bits per heavy atom. The van der Waals surface area contributed by atoms with E-state index < -0.39 is 0 Å². The van der Waals surface area contributed by atoms with Crippen LogP contribution < -0.4 is 0 Å². The molecule has 1 atom stereocenters. The fraction of sp³-hybridized carbons (Fsp3) is 0.417. The molecule has 0 bridgehead atoms. The minimum Gasteiger partial charge on any atom is -0.469 e. The molecule has 0 N–H and O–H groups in total. The summed E-state index contributed by atoms with van der Waals surface area (Å²) in [4.78, 5) is 11.5. The number of carbonyl (C=O) groups excluding carboxylic acids is 1. The molecule has 0 aromatic heterocycles. The number of alkyl halides is 1. The van der Waals surface area contributed by atoms with E-state index in [9.17, 15) is 4.79 Å². The third-order valence-corrected chi connectivity index (χ3v) is 3.08. The van der Waals surface area contributed by atoms with Crippen LogP contribution in [0.25, 0.3) is 0 Å². The highest BCUT2D eigenvalue weighted by Crippen LogP contribution is 2.21. The lowest BCUT2D eigenvalue weighted by atomic mass is 9.96. The van der Waals surface area contributed by atoms with Gasteiger partial charge in [0.25, 0.3) is 0 Å². The lowest BCUT2D eigenvalue weighted by Gasteiger charge is -2.12. The molecule has 0 saturated carbocycles. The van der Waals surface area contributed by atoms with Crippen LogP contribution in [0.4, 0.5) is 0 Å². The molecule has 1 rings (SSSR count). The summed E-state index contributed by atoms with van der Waals surface area (Å²) in [7, 11) is 1.43. The summed E-state index contributed by atoms with van der Waals surface area (Å²) in [6.45, 7) is 1.99. The molecule has 0 spiro atoms. The van der Waals surface area contributed by atoms with Gasteiger partial charge < -0.3 is 4.74 Å². The van der Waals surface area contributed by atoms with Crippen molar-refractivity contribution in [3.63, 3.8) is 0 Å². The van der Waals surface area contributed by atoms with Gasteiger partial charge in [-0.3, -0.25) is 4.79 Å². The molecule has 0 fully saturated rings. The highest BCUT2D eigenvalue weighted by molar-refractivity contribution is 9.08. The van der Waals surface area contributed by atoms with E-state index in [4.69, 9.17) is 4.74 Å². The lowest BCUT2D eigenvalue weighted by molar-refractivity contribution is -0.142. The first-order chi connectivity index (χ1) is 7.22. The van der Waals surface area contributed by atoms with E-state index in [2.05, 4.69) is 15.9 Å². The van der Waals surface area contributed by atoms with Gasteiger partial charge in [-0.2, -0.15) is 0 Å². The minimum absolute atomic E-state index is 0.139. The second kappa shape index (κ2) is 5.91. The minimum atomic E-state index is -0.163. The van der Waals surface area contributed by atoms with Gasteiger partial charge in [0.2, 0.25) is 0 Å². The zero-order chi connectivity index (χ0) is 11.3. The van der Waals surface area contributed by atoms with Crippen LogP contribution in [0.15, 0.2) is 24.3 Å². The van der Waals surface area contributed by atoms with Gasteiger partial charge in [-0.05, 0) is 17.5 Å². The number of esters is 1. The molecular weight excluding hydrogens is 256 g/mol. The monoisotopic (exact) mass is 270 g/mol. The van der Waals surface area contributed by atoms with Crippen molar-refractivity contribution in [3.05, 3.63) is 35.4 Å². The molecule has 0 aliphatic carbocycles. The average Bonchev–Trinajstić information content (AvgIpc) is 2.30. The predicted molar refractivity (Wildman–Crippen MR) is 64.1 cm³/mol. The van der Waals surface area contributed by atoms with Gasteiger partial charge in [-0.15, -0.1) is 0 Å². The number of rotatable bonds is 4. The molecule has 0 amide bonds. The molecule has 0 aliphatic heterocycles. The van der Waals surface area contributed by atoms with Crippen molar-refractivity contribution < 1.29 is 9.53 Å². The number of hydrogen-bond acceptors (Lipinski definition) is 2. The van der Waals surface area contributed by atoms with Crippen LogP contribution >= 0.6 is 15.9 Å². The Morgan fingerprint density at radius 2 is 2.00 bits per heavy atom. The number of halogens is 1. The Labute approximate surface area is 98.8 Å². The summed E-state index contributed by atoms with van der Waals surface area (Å²) in [6.07, 6.45) is 0.764. The summed E-state index contributed by atoms with van der Waals surface area (Å²) in [5.74, 6) is -0.302. The van der Waals surface area contributed by atoms with Crippen LogP contribution in [0.3, 0.4) is 0 Å². The van der Waals surface area contributed by atoms with Gasteiger partial charge in [0.05, 0.1) is 13.0 Å². The van der Waals surface area contributed by atoms with Crippen LogP contribution in [0.2, 0.25) is 0 Å². The van der Waals surface area contributed by atoms with E-state index in [1.165, 1.54) is 12.7 Å². The largest absolute Gasteiger partial charge is 0.469 e. The Morgan fingerprint density at radius 3 is 2.40 bits per heavy atom. The molecule has 3 heteroatoms. The standard InChI is InChI=1S/C12H15BrO2/c1-3-11(12(14)15-2)10-6-4-9(8-13)5-7-10/h4-7,11H,3,8H2,1-2H3. The quantitative estimate of drug-likeness (QED) is 0.620. The molecule has 0 radical (unpaired) electrons. The smallest absolute Gasteiger partial charge is 0.313 e. The molecule has 0 aliphatic rings. The van der Waals surface area contributed by atoms with Gasteiger partial charge in [0.1, 0.15) is 0 Å². The zero-order valence-electron chi connectivity index (χ0n) is 9.00. The average molecular weight is 271 g/mol. The number of benzene rings is 1. The van der Waals surface area contributed by atoms with Crippen molar-refractivity contribution in [1.82, 2.24) is 0 Å². The first-order valence-corrected chi connectivity index (χ1v) is 6.07. The molecule has 2 nitrogen and oxygen atoms in total. The fourth-order valence-corrected chi connectivity index (χ4v) is 1.89. The first kappa shape index (κ1) is 12.2. The normalized spacial score (nSPS) is 12.2. The Hall–Kier alpha value is -0.830. The summed E-state index contributed by atoms with van der Waals surface area (Å²) < 4.78 is 4.77. The highest BCUT2D eigenvalue weighted by Gasteiger charge is 2.18. The molecule has 1 unspecified atom stereocenters. The Bertz CT molecular complexity index is 319. The van der Waals surface area contributed by atoms with E-state index >= 15 is 0 Å². The summed E-state index contributed by atoms with van der Waals surface area (Å²) >= 11 is 3.39. The van der Waals surface area contributed by atoms with E-state index in [0.29, 0.717) is 0 Å². The van der Waals surface area contributed by atoms with Crippen LogP contribution in [0.5, 0.6) is 0 Å². The summed E-state index contributed by atoms with van der Waals surface area (Å²) in [5, 5.41) is 0.836. The number of ether oxygens (including phenoxy) is 1. The molecule has 1 aromatic carbocycles. The molecular formula is C12H15BrO2. The van der Waals surface area contributed by atoms with Crippen LogP contribution in [0, 0.1) is 0 Å². The zero-order valence-corrected chi connectivity index (χ0v) is 10.6. The summed E-state index contributed by atoms with van der Waals surface area (Å²) in [6, 6.07) is 8.02. The third kappa shape index (κ3) is 3.06. The van der Waals surface area contributed by atoms with Crippen molar-refractivity contribution in [2.24, 2.45) is 0 Å². The molecule has 0 saturated heterocycles. The van der Waals surface area contributed by atoms with Crippen LogP contribution in [-0.2, 0) is 14.9 Å². The number of hydrogen-bond donors (Lipinski definition) is 0. The van der Waals surface area contributed by atoms with Gasteiger partial charge in [-0.1, -0.05) is 47.1 Å². The molecule has 15 heavy (non-hydrogen) atoms. The Balaban J connectivity index is 2.87. The maximum atomic E-state index is 11.5. The first-order valence-electron chi connectivity index (χ1n) is 4.95. The Kier molecular flexibility index (Phi) is 4.82. The van der Waals surface area contributed by atoms with Gasteiger partial charge in [0, 0.05) is 5.33 Å². The van der Waals surface area contributed by atoms with Crippen LogP contribution in [0.1, 0.15) is 30.4 Å². The maximum absolute atomic E-state index is 11.5. The maximum Gasteiger partial charge on any atom is 0.313 e. The van der Waals surface area contributed by atoms with E-state index in [1.807, 2.05) is 31.2 Å². The molecule has 1 aromatic rings. The fourth-order valence-electron chi connectivity index (χ4n) is 1.52. The second-order valence-corrected chi connectivity index (χ2v) is 3.92. The van der Waals surface area contributed by atoms with Gasteiger partial charge in [-0.25, -0.2) is 0 Å². The van der Waals surface area contributed by atoms with Gasteiger partial charge in [0.15, 0.2) is 0 Å². The predicted octanol–water partition coefficient (Wildman–Crippen LogP) is 3.25. The summed E-state index contributed by atoms with van der Waals surface area (Å²) in [5.41, 5.74) is 2.23. The van der Waals surface area contributed by atoms with Crippen LogP contribution in [-0.4, -0.2) is 13.1 Å². The molecule has 82 valence electrons. The van der Waals surface area contributed by atoms with E-state index in [1.54, 1.807) is 0 Å². The van der Waals surface area contributed by atoms with Gasteiger partial charge >= 0.3 is 5.97 Å². The van der Waals surface area contributed by atoms with E-state index in [-0.39, 0.29) is 11.9 Å². The van der Waals surface area contributed by atoms with Crippen molar-refractivity contribution in [2.45, 2.75) is 24.6 Å².